The van der Waals surface area contributed by atoms with Crippen molar-refractivity contribution in [1.29, 1.82) is 0 Å². The number of carbonyl (C=O) groups is 1. The maximum atomic E-state index is 13.3. The summed E-state index contributed by atoms with van der Waals surface area (Å²) in [6, 6.07) is 8.10. The molecule has 2 aromatic heterocycles. The number of halogens is 1. The van der Waals surface area contributed by atoms with Crippen molar-refractivity contribution in [2.75, 3.05) is 36.5 Å². The number of aryl methyl sites for hydroxylation is 2. The summed E-state index contributed by atoms with van der Waals surface area (Å²) >= 11 is 0. The zero-order chi connectivity index (χ0) is 22.1. The van der Waals surface area contributed by atoms with E-state index in [-0.39, 0.29) is 18.1 Å². The number of nitrogens with one attached hydrogen (secondary N) is 1. The quantitative estimate of drug-likeness (QED) is 0.651. The van der Waals surface area contributed by atoms with E-state index in [0.29, 0.717) is 42.4 Å². The summed E-state index contributed by atoms with van der Waals surface area (Å²) in [7, 11) is 0. The smallest absolute Gasteiger partial charge is 0.224 e. The Morgan fingerprint density at radius 3 is 2.69 bits per heavy atom. The molecule has 2 aliphatic rings. The Morgan fingerprint density at radius 1 is 1.16 bits per heavy atom. The Morgan fingerprint density at radius 2 is 1.94 bits per heavy atom. The Hall–Kier alpha value is -3.11. The van der Waals surface area contributed by atoms with Crippen molar-refractivity contribution in [1.82, 2.24) is 19.8 Å². The third kappa shape index (κ3) is 4.15. The summed E-state index contributed by atoms with van der Waals surface area (Å²) in [5.74, 6) is 0.509. The van der Waals surface area contributed by atoms with Gasteiger partial charge < -0.3 is 19.7 Å². The summed E-state index contributed by atoms with van der Waals surface area (Å²) in [6.45, 7) is 4.64. The molecule has 1 amide bonds. The van der Waals surface area contributed by atoms with Gasteiger partial charge in [-0.1, -0.05) is 0 Å². The van der Waals surface area contributed by atoms with Crippen molar-refractivity contribution in [2.24, 2.45) is 0 Å². The van der Waals surface area contributed by atoms with Crippen molar-refractivity contribution in [3.8, 4) is 0 Å². The highest BCUT2D eigenvalue weighted by Gasteiger charge is 2.40. The predicted molar refractivity (Wildman–Crippen MR) is 115 cm³/mol. The van der Waals surface area contributed by atoms with Gasteiger partial charge in [0.2, 0.25) is 5.91 Å². The molecule has 0 saturated carbocycles. The molecule has 4 heterocycles. The summed E-state index contributed by atoms with van der Waals surface area (Å²) in [6.07, 6.45) is 2.19. The summed E-state index contributed by atoms with van der Waals surface area (Å²) in [5, 5.41) is 15.9. The van der Waals surface area contributed by atoms with E-state index in [0.717, 1.165) is 31.7 Å². The average Bonchev–Trinajstić information content (AvgIpc) is 3.41. The maximum Gasteiger partial charge on any atom is 0.224 e. The van der Waals surface area contributed by atoms with Crippen LogP contribution in [0, 0.1) is 12.7 Å². The molecule has 2 fully saturated rings. The minimum atomic E-state index is -0.432. The van der Waals surface area contributed by atoms with Crippen LogP contribution in [0.1, 0.15) is 30.7 Å². The van der Waals surface area contributed by atoms with Crippen molar-refractivity contribution in [3.63, 3.8) is 0 Å². The molecule has 0 radical (unpaired) electrons. The van der Waals surface area contributed by atoms with Gasteiger partial charge in [-0.3, -0.25) is 4.79 Å². The lowest BCUT2D eigenvalue weighted by Crippen LogP contribution is -2.45. The van der Waals surface area contributed by atoms with Crippen LogP contribution in [0.15, 0.2) is 30.3 Å². The molecule has 0 aliphatic carbocycles. The van der Waals surface area contributed by atoms with E-state index < -0.39 is 5.79 Å². The van der Waals surface area contributed by atoms with Gasteiger partial charge in [0.15, 0.2) is 17.3 Å². The third-order valence-corrected chi connectivity index (χ3v) is 6.01. The van der Waals surface area contributed by atoms with E-state index in [4.69, 9.17) is 14.6 Å². The van der Waals surface area contributed by atoms with Crippen LogP contribution in [0.3, 0.4) is 0 Å². The fraction of sp³-hybridized carbons (Fsp3) is 0.455. The second-order valence-electron chi connectivity index (χ2n) is 8.18. The number of aromatic nitrogens is 4. The number of amides is 1. The van der Waals surface area contributed by atoms with Gasteiger partial charge in [-0.15, -0.1) is 15.3 Å². The predicted octanol–water partition coefficient (Wildman–Crippen LogP) is 2.49. The first-order valence-corrected chi connectivity index (χ1v) is 10.8. The number of ether oxygens (including phenoxy) is 2. The molecule has 2 saturated heterocycles. The van der Waals surface area contributed by atoms with Gasteiger partial charge in [0.1, 0.15) is 11.6 Å². The molecule has 3 aromatic rings. The van der Waals surface area contributed by atoms with Crippen LogP contribution >= 0.6 is 0 Å². The number of hydrogen-bond acceptors (Lipinski definition) is 7. The monoisotopic (exact) mass is 440 g/mol. The number of benzene rings is 1. The lowest BCUT2D eigenvalue weighted by Gasteiger charge is -2.38. The average molecular weight is 440 g/mol. The molecule has 1 spiro atoms. The van der Waals surface area contributed by atoms with Crippen LogP contribution in [-0.4, -0.2) is 57.8 Å². The molecule has 0 atom stereocenters. The van der Waals surface area contributed by atoms with E-state index in [2.05, 4.69) is 20.4 Å². The zero-order valence-corrected chi connectivity index (χ0v) is 17.9. The van der Waals surface area contributed by atoms with Gasteiger partial charge in [0, 0.05) is 44.5 Å². The van der Waals surface area contributed by atoms with Crippen LogP contribution in [-0.2, 0) is 20.7 Å². The van der Waals surface area contributed by atoms with E-state index in [1.54, 1.807) is 17.5 Å². The first-order chi connectivity index (χ1) is 15.5. The van der Waals surface area contributed by atoms with E-state index in [1.807, 2.05) is 12.1 Å². The van der Waals surface area contributed by atoms with Gasteiger partial charge in [0.25, 0.3) is 0 Å². The molecule has 2 aliphatic heterocycles. The first-order valence-electron chi connectivity index (χ1n) is 10.8. The Balaban J connectivity index is 1.24. The second kappa shape index (κ2) is 8.44. The molecule has 5 rings (SSSR count). The second-order valence-corrected chi connectivity index (χ2v) is 8.18. The fourth-order valence-corrected chi connectivity index (χ4v) is 4.22. The maximum absolute atomic E-state index is 13.3. The topological polar surface area (TPSA) is 93.9 Å². The van der Waals surface area contributed by atoms with Crippen molar-refractivity contribution in [2.45, 2.75) is 38.4 Å². The van der Waals surface area contributed by atoms with Crippen molar-refractivity contribution in [3.05, 3.63) is 47.5 Å². The highest BCUT2D eigenvalue weighted by molar-refractivity contribution is 5.91. The number of carbonyl (C=O) groups excluding carboxylic acids is 1. The molecule has 168 valence electrons. The van der Waals surface area contributed by atoms with Gasteiger partial charge in [-0.25, -0.2) is 4.39 Å². The van der Waals surface area contributed by atoms with Gasteiger partial charge in [-0.05, 0) is 42.8 Å². The molecule has 1 N–H and O–H groups in total. The molecule has 9 nitrogen and oxygen atoms in total. The van der Waals surface area contributed by atoms with Crippen LogP contribution in [0.5, 0.6) is 0 Å². The van der Waals surface area contributed by atoms with Gasteiger partial charge in [0.05, 0.1) is 13.2 Å². The first kappa shape index (κ1) is 20.8. The van der Waals surface area contributed by atoms with Crippen LogP contribution in [0.4, 0.5) is 15.9 Å². The highest BCUT2D eigenvalue weighted by atomic mass is 19.1. The Labute approximate surface area is 184 Å². The van der Waals surface area contributed by atoms with Crippen LogP contribution in [0.25, 0.3) is 5.65 Å². The summed E-state index contributed by atoms with van der Waals surface area (Å²) in [4.78, 5) is 14.6. The van der Waals surface area contributed by atoms with Gasteiger partial charge >= 0.3 is 0 Å². The molecule has 10 heteroatoms. The van der Waals surface area contributed by atoms with Crippen molar-refractivity contribution < 1.29 is 18.7 Å². The largest absolute Gasteiger partial charge is 0.355 e. The number of nitrogens with zero attached hydrogens (tertiary/aromatic N) is 5. The molecular formula is C22H25FN6O3. The SMILES string of the molecule is Cc1cc(F)ccc1NC(=O)CCc1nnc2ccc(N3CCC4(CC3)OCCO4)nn12. The summed E-state index contributed by atoms with van der Waals surface area (Å²) in [5.41, 5.74) is 1.91. The van der Waals surface area contributed by atoms with Crippen LogP contribution in [0.2, 0.25) is 0 Å². The number of rotatable bonds is 5. The highest BCUT2D eigenvalue weighted by Crippen LogP contribution is 2.32. The fourth-order valence-electron chi connectivity index (χ4n) is 4.22. The number of anilines is 2. The van der Waals surface area contributed by atoms with E-state index >= 15 is 0 Å². The normalized spacial score (nSPS) is 17.9. The molecule has 32 heavy (non-hydrogen) atoms. The molecule has 1 aromatic carbocycles. The van der Waals surface area contributed by atoms with Crippen molar-refractivity contribution >= 4 is 23.1 Å². The minimum Gasteiger partial charge on any atom is -0.355 e. The molecule has 0 bridgehead atoms. The number of fused-ring (bicyclic) bond motifs is 1. The number of piperidine rings is 1. The number of hydrogen-bond donors (Lipinski definition) is 1. The third-order valence-electron chi connectivity index (χ3n) is 6.01. The molecular weight excluding hydrogens is 415 g/mol. The van der Waals surface area contributed by atoms with Crippen LogP contribution < -0.4 is 10.2 Å². The minimum absolute atomic E-state index is 0.175. The Bertz CT molecular complexity index is 1130. The lowest BCUT2D eigenvalue weighted by molar-refractivity contribution is -0.169. The summed E-state index contributed by atoms with van der Waals surface area (Å²) < 4.78 is 26.6. The van der Waals surface area contributed by atoms with E-state index in [1.165, 1.54) is 12.1 Å². The Kier molecular flexibility index (Phi) is 5.48. The zero-order valence-electron chi connectivity index (χ0n) is 17.9. The molecule has 0 unspecified atom stereocenters. The van der Waals surface area contributed by atoms with E-state index in [9.17, 15) is 9.18 Å². The standard InChI is InChI=1S/C22H25FN6O3/c1-15-14-16(23)2-3-17(15)24-21(30)7-6-19-26-25-18-4-5-20(27-29(18)19)28-10-8-22(9-11-28)31-12-13-32-22/h2-5,14H,6-13H2,1H3,(H,24,30). The van der Waals surface area contributed by atoms with Gasteiger partial charge in [-0.2, -0.15) is 4.52 Å². The lowest BCUT2D eigenvalue weighted by atomic mass is 10.0.